The molecule has 6 nitrogen and oxygen atoms in total. The van der Waals surface area contributed by atoms with Crippen LogP contribution >= 0.6 is 0 Å². The first kappa shape index (κ1) is 24.0. The fourth-order valence-corrected chi connectivity index (χ4v) is 3.92. The second kappa shape index (κ2) is 9.08. The normalized spacial score (nSPS) is 11.6. The molecule has 186 valence electrons. The van der Waals surface area contributed by atoms with Crippen molar-refractivity contribution < 1.29 is 26.7 Å². The van der Waals surface area contributed by atoms with Crippen molar-refractivity contribution in [1.82, 2.24) is 19.6 Å². The van der Waals surface area contributed by atoms with Gasteiger partial charge in [-0.25, -0.2) is 23.3 Å². The van der Waals surface area contributed by atoms with Crippen LogP contribution in [0.5, 0.6) is 0 Å². The molecule has 0 radical (unpaired) electrons. The molecule has 0 atom stereocenters. The highest BCUT2D eigenvalue weighted by atomic mass is 19.4. The molecule has 0 aliphatic rings. The van der Waals surface area contributed by atoms with Gasteiger partial charge in [0.25, 0.3) is 5.91 Å². The molecule has 5 rings (SSSR count). The number of pyridine rings is 1. The number of anilines is 1. The number of carbonyl (C=O) groups is 1. The summed E-state index contributed by atoms with van der Waals surface area (Å²) < 4.78 is 69.1. The van der Waals surface area contributed by atoms with E-state index in [0.717, 1.165) is 12.1 Å². The van der Waals surface area contributed by atoms with E-state index >= 15 is 0 Å². The van der Waals surface area contributed by atoms with E-state index in [9.17, 15) is 26.7 Å². The Kier molecular flexibility index (Phi) is 5.90. The largest absolute Gasteiger partial charge is 0.417 e. The van der Waals surface area contributed by atoms with Crippen LogP contribution in [0.4, 0.5) is 27.8 Å². The molecule has 2 aromatic carbocycles. The fraction of sp³-hybridized carbons (Fsp3) is 0.0769. The highest BCUT2D eigenvalue weighted by molar-refractivity contribution is 6.05. The van der Waals surface area contributed by atoms with Gasteiger partial charge in [-0.05, 0) is 73.2 Å². The van der Waals surface area contributed by atoms with E-state index in [1.165, 1.54) is 18.3 Å². The number of hydrogen-bond acceptors (Lipinski definition) is 4. The SMILES string of the molecule is Cc1cc(-c2nc3cccnn3c2-c2ccnc(NC(=O)c3ccc(F)cc3C(F)(F)F)c2)ccc1F. The Morgan fingerprint density at radius 1 is 0.946 bits per heavy atom. The molecular formula is C26H16F5N5O. The molecule has 3 heterocycles. The number of benzene rings is 2. The van der Waals surface area contributed by atoms with Crippen LogP contribution in [0.1, 0.15) is 21.5 Å². The van der Waals surface area contributed by atoms with Crippen LogP contribution in [0.3, 0.4) is 0 Å². The van der Waals surface area contributed by atoms with Crippen molar-refractivity contribution in [2.24, 2.45) is 0 Å². The topological polar surface area (TPSA) is 72.2 Å². The molecule has 37 heavy (non-hydrogen) atoms. The average Bonchev–Trinajstić information content (AvgIpc) is 3.25. The third kappa shape index (κ3) is 4.63. The summed E-state index contributed by atoms with van der Waals surface area (Å²) in [6.07, 6.45) is -2.02. The summed E-state index contributed by atoms with van der Waals surface area (Å²) in [5.41, 5.74) is 0.835. The molecule has 3 aromatic heterocycles. The molecule has 0 spiro atoms. The first-order valence-corrected chi connectivity index (χ1v) is 10.9. The van der Waals surface area contributed by atoms with E-state index in [1.807, 2.05) is 0 Å². The van der Waals surface area contributed by atoms with Crippen molar-refractivity contribution in [1.29, 1.82) is 0 Å². The van der Waals surface area contributed by atoms with Crippen molar-refractivity contribution in [2.45, 2.75) is 13.1 Å². The summed E-state index contributed by atoms with van der Waals surface area (Å²) in [5, 5.41) is 6.68. The molecule has 0 fully saturated rings. The lowest BCUT2D eigenvalue weighted by molar-refractivity contribution is -0.138. The van der Waals surface area contributed by atoms with E-state index in [4.69, 9.17) is 0 Å². The van der Waals surface area contributed by atoms with E-state index in [1.54, 1.807) is 48.0 Å². The van der Waals surface area contributed by atoms with Gasteiger partial charge in [-0.3, -0.25) is 4.79 Å². The smallest absolute Gasteiger partial charge is 0.307 e. The monoisotopic (exact) mass is 509 g/mol. The number of nitrogens with zero attached hydrogens (tertiary/aromatic N) is 4. The number of hydrogen-bond donors (Lipinski definition) is 1. The van der Waals surface area contributed by atoms with Crippen LogP contribution in [0, 0.1) is 18.6 Å². The Labute approximate surface area is 206 Å². The standard InChI is InChI=1S/C26H16F5N5O/c1-14-11-15(4-7-20(14)28)23-24(36-22(35-23)3-2-9-33-36)16-8-10-32-21(12-16)34-25(37)18-6-5-17(27)13-19(18)26(29,30)31/h2-13H,1H3,(H,32,34,37). The number of carbonyl (C=O) groups excluding carboxylic acids is 1. The van der Waals surface area contributed by atoms with Gasteiger partial charge in [0.1, 0.15) is 23.1 Å². The zero-order valence-corrected chi connectivity index (χ0v) is 19.0. The van der Waals surface area contributed by atoms with E-state index in [-0.39, 0.29) is 17.7 Å². The molecular weight excluding hydrogens is 493 g/mol. The summed E-state index contributed by atoms with van der Waals surface area (Å²) in [4.78, 5) is 21.4. The van der Waals surface area contributed by atoms with E-state index in [0.29, 0.717) is 33.7 Å². The number of fused-ring (bicyclic) bond motifs is 1. The van der Waals surface area contributed by atoms with Gasteiger partial charge in [-0.15, -0.1) is 0 Å². The number of halogens is 5. The van der Waals surface area contributed by atoms with Crippen LogP contribution in [0.15, 0.2) is 73.1 Å². The van der Waals surface area contributed by atoms with Gasteiger partial charge in [-0.1, -0.05) is 0 Å². The minimum Gasteiger partial charge on any atom is -0.307 e. The predicted molar refractivity (Wildman–Crippen MR) is 126 cm³/mol. The summed E-state index contributed by atoms with van der Waals surface area (Å²) in [5.74, 6) is -2.65. The molecule has 0 saturated heterocycles. The lowest BCUT2D eigenvalue weighted by Gasteiger charge is -2.13. The zero-order chi connectivity index (χ0) is 26.3. The lowest BCUT2D eigenvalue weighted by atomic mass is 10.0. The first-order valence-electron chi connectivity index (χ1n) is 10.9. The Morgan fingerprint density at radius 2 is 1.76 bits per heavy atom. The van der Waals surface area contributed by atoms with Crippen molar-refractivity contribution in [2.75, 3.05) is 5.32 Å². The first-order chi connectivity index (χ1) is 17.6. The predicted octanol–water partition coefficient (Wildman–Crippen LogP) is 6.32. The average molecular weight is 509 g/mol. The van der Waals surface area contributed by atoms with Gasteiger partial charge < -0.3 is 5.32 Å². The zero-order valence-electron chi connectivity index (χ0n) is 19.0. The Balaban J connectivity index is 1.58. The number of nitrogens with one attached hydrogen (secondary N) is 1. The maximum atomic E-state index is 13.9. The minimum absolute atomic E-state index is 0.0490. The van der Waals surface area contributed by atoms with Gasteiger partial charge in [0.15, 0.2) is 5.65 Å². The van der Waals surface area contributed by atoms with E-state index in [2.05, 4.69) is 20.4 Å². The molecule has 1 amide bonds. The molecule has 0 bridgehead atoms. The minimum atomic E-state index is -4.94. The molecule has 1 N–H and O–H groups in total. The quantitative estimate of drug-likeness (QED) is 0.288. The lowest BCUT2D eigenvalue weighted by Crippen LogP contribution is -2.19. The Hall–Kier alpha value is -4.67. The molecule has 0 aliphatic heterocycles. The third-order valence-electron chi connectivity index (χ3n) is 5.63. The van der Waals surface area contributed by atoms with Crippen molar-refractivity contribution >= 4 is 17.4 Å². The number of aryl methyl sites for hydroxylation is 1. The number of rotatable bonds is 4. The second-order valence-electron chi connectivity index (χ2n) is 8.14. The highest BCUT2D eigenvalue weighted by Crippen LogP contribution is 2.35. The van der Waals surface area contributed by atoms with Crippen LogP contribution in [0.2, 0.25) is 0 Å². The van der Waals surface area contributed by atoms with Crippen LogP contribution in [-0.4, -0.2) is 25.5 Å². The molecule has 11 heteroatoms. The highest BCUT2D eigenvalue weighted by Gasteiger charge is 2.35. The van der Waals surface area contributed by atoms with E-state index < -0.39 is 29.0 Å². The molecule has 5 aromatic rings. The van der Waals surface area contributed by atoms with Crippen LogP contribution in [-0.2, 0) is 6.18 Å². The van der Waals surface area contributed by atoms with Gasteiger partial charge in [0.2, 0.25) is 0 Å². The van der Waals surface area contributed by atoms with Crippen LogP contribution in [0.25, 0.3) is 28.2 Å². The summed E-state index contributed by atoms with van der Waals surface area (Å²) in [6, 6.07) is 12.8. The van der Waals surface area contributed by atoms with Gasteiger partial charge >= 0.3 is 6.18 Å². The Morgan fingerprint density at radius 3 is 2.51 bits per heavy atom. The third-order valence-corrected chi connectivity index (χ3v) is 5.63. The van der Waals surface area contributed by atoms with Crippen molar-refractivity contribution in [3.8, 4) is 22.5 Å². The van der Waals surface area contributed by atoms with Crippen molar-refractivity contribution in [3.05, 3.63) is 101 Å². The van der Waals surface area contributed by atoms with Gasteiger partial charge in [0.05, 0.1) is 16.8 Å². The maximum Gasteiger partial charge on any atom is 0.417 e. The summed E-state index contributed by atoms with van der Waals surface area (Å²) >= 11 is 0. The maximum absolute atomic E-state index is 13.9. The summed E-state index contributed by atoms with van der Waals surface area (Å²) in [6.45, 7) is 1.62. The number of aromatic nitrogens is 4. The number of amides is 1. The number of imidazole rings is 1. The molecule has 0 saturated carbocycles. The van der Waals surface area contributed by atoms with Gasteiger partial charge in [0, 0.05) is 23.5 Å². The summed E-state index contributed by atoms with van der Waals surface area (Å²) in [7, 11) is 0. The number of alkyl halides is 3. The van der Waals surface area contributed by atoms with Crippen molar-refractivity contribution in [3.63, 3.8) is 0 Å². The second-order valence-corrected chi connectivity index (χ2v) is 8.14. The Bertz CT molecular complexity index is 1660. The molecule has 0 unspecified atom stereocenters. The molecule has 0 aliphatic carbocycles. The van der Waals surface area contributed by atoms with Gasteiger partial charge in [-0.2, -0.15) is 18.3 Å². The fourth-order valence-electron chi connectivity index (χ4n) is 3.92. The van der Waals surface area contributed by atoms with Crippen LogP contribution < -0.4 is 5.32 Å².